The van der Waals surface area contributed by atoms with Gasteiger partial charge < -0.3 is 26.8 Å². The topological polar surface area (TPSA) is 188 Å². The molecular weight excluding hydrogens is 374 g/mol. The molecule has 0 spiro atoms. The van der Waals surface area contributed by atoms with Crippen molar-refractivity contribution in [3.63, 3.8) is 0 Å². The van der Waals surface area contributed by atoms with Crippen molar-refractivity contribution in [3.05, 3.63) is 36.1 Å². The fourth-order valence-corrected chi connectivity index (χ4v) is 2.87. The molecule has 8 N–H and O–H groups in total. The summed E-state index contributed by atoms with van der Waals surface area (Å²) in [5, 5.41) is 11.9. The average Bonchev–Trinajstić information content (AvgIpc) is 3.00. The first-order valence-electron chi connectivity index (χ1n) is 8.16. The molecule has 1 heterocycles. The molecule has 0 aliphatic heterocycles. The number of carboxylic acid groups (broad SMARTS) is 1. The number of unbranched alkanes of at least 4 members (excludes halogenated alkanes) is 1. The molecule has 0 amide bonds. The molecule has 10 nitrogen and oxygen atoms in total. The SMILES string of the molecule is Cc1cc(NS(=O)(=O)c2ccc(N)cc2)no1.NCCCCC(N)C(=O)O. The molecule has 1 atom stereocenters. The summed E-state index contributed by atoms with van der Waals surface area (Å²) in [5.41, 5.74) is 16.4. The molecule has 0 aliphatic rings. The summed E-state index contributed by atoms with van der Waals surface area (Å²) in [6.45, 7) is 2.28. The first-order valence-corrected chi connectivity index (χ1v) is 9.64. The summed E-state index contributed by atoms with van der Waals surface area (Å²) in [6.07, 6.45) is 2.16. The van der Waals surface area contributed by atoms with Gasteiger partial charge in [0.15, 0.2) is 5.82 Å². The highest BCUT2D eigenvalue weighted by molar-refractivity contribution is 7.92. The van der Waals surface area contributed by atoms with Crippen LogP contribution < -0.4 is 21.9 Å². The molecule has 2 aromatic rings. The van der Waals surface area contributed by atoms with Crippen LogP contribution in [-0.4, -0.2) is 37.2 Å². The van der Waals surface area contributed by atoms with E-state index in [1.807, 2.05) is 0 Å². The lowest BCUT2D eigenvalue weighted by atomic mass is 10.1. The first-order chi connectivity index (χ1) is 12.7. The minimum atomic E-state index is -3.64. The molecule has 2 rings (SSSR count). The minimum absolute atomic E-state index is 0.118. The Balaban J connectivity index is 0.000000314. The van der Waals surface area contributed by atoms with E-state index in [-0.39, 0.29) is 10.7 Å². The van der Waals surface area contributed by atoms with Crippen molar-refractivity contribution in [2.75, 3.05) is 17.0 Å². The van der Waals surface area contributed by atoms with Crippen LogP contribution in [0.25, 0.3) is 0 Å². The maximum absolute atomic E-state index is 11.9. The maximum atomic E-state index is 11.9. The Morgan fingerprint density at radius 3 is 2.41 bits per heavy atom. The Morgan fingerprint density at radius 1 is 1.30 bits per heavy atom. The van der Waals surface area contributed by atoms with Crippen LogP contribution in [0.15, 0.2) is 39.8 Å². The van der Waals surface area contributed by atoms with E-state index in [9.17, 15) is 13.2 Å². The van der Waals surface area contributed by atoms with Gasteiger partial charge in [-0.05, 0) is 50.6 Å². The molecule has 1 unspecified atom stereocenters. The Bertz CT molecular complexity index is 820. The fourth-order valence-electron chi connectivity index (χ4n) is 1.89. The van der Waals surface area contributed by atoms with Gasteiger partial charge in [0.1, 0.15) is 11.8 Å². The number of benzene rings is 1. The number of sulfonamides is 1. The molecule has 0 aliphatic carbocycles. The number of nitrogens with zero attached hydrogens (tertiary/aromatic N) is 1. The third kappa shape index (κ3) is 8.07. The summed E-state index contributed by atoms with van der Waals surface area (Å²) in [4.78, 5) is 10.3. The zero-order valence-corrected chi connectivity index (χ0v) is 15.8. The second kappa shape index (κ2) is 10.5. The Kier molecular flexibility index (Phi) is 8.72. The number of hydrogen-bond acceptors (Lipinski definition) is 8. The van der Waals surface area contributed by atoms with E-state index < -0.39 is 22.0 Å². The number of nitrogens with one attached hydrogen (secondary N) is 1. The van der Waals surface area contributed by atoms with Crippen molar-refractivity contribution in [3.8, 4) is 0 Å². The second-order valence-corrected chi connectivity index (χ2v) is 7.41. The predicted molar refractivity (Wildman–Crippen MR) is 101 cm³/mol. The van der Waals surface area contributed by atoms with Crippen molar-refractivity contribution in [2.45, 2.75) is 37.1 Å². The molecule has 1 aromatic heterocycles. The lowest BCUT2D eigenvalue weighted by Gasteiger charge is -2.04. The maximum Gasteiger partial charge on any atom is 0.320 e. The van der Waals surface area contributed by atoms with E-state index in [2.05, 4.69) is 9.88 Å². The van der Waals surface area contributed by atoms with Crippen molar-refractivity contribution in [1.82, 2.24) is 5.16 Å². The second-order valence-electron chi connectivity index (χ2n) is 5.73. The van der Waals surface area contributed by atoms with E-state index in [4.69, 9.17) is 26.8 Å². The first kappa shape index (κ1) is 22.4. The van der Waals surface area contributed by atoms with Gasteiger partial charge in [-0.1, -0.05) is 11.6 Å². The molecule has 0 saturated heterocycles. The number of rotatable bonds is 8. The fraction of sp³-hybridized carbons (Fsp3) is 0.375. The monoisotopic (exact) mass is 399 g/mol. The summed E-state index contributed by atoms with van der Waals surface area (Å²) in [7, 11) is -3.64. The van der Waals surface area contributed by atoms with Gasteiger partial charge >= 0.3 is 5.97 Å². The number of aromatic nitrogens is 1. The third-order valence-electron chi connectivity index (χ3n) is 3.34. The van der Waals surface area contributed by atoms with Crippen LogP contribution in [0, 0.1) is 6.92 Å². The van der Waals surface area contributed by atoms with Crippen LogP contribution >= 0.6 is 0 Å². The van der Waals surface area contributed by atoms with E-state index in [0.29, 0.717) is 24.4 Å². The quantitative estimate of drug-likeness (QED) is 0.317. The van der Waals surface area contributed by atoms with Crippen molar-refractivity contribution < 1.29 is 22.8 Å². The lowest BCUT2D eigenvalue weighted by Crippen LogP contribution is -2.29. The standard InChI is InChI=1S/C10H11N3O3S.C6H14N2O2/c1-7-6-10(12-16-7)13-17(14,15)9-4-2-8(11)3-5-9;7-4-2-1-3-5(8)6(9)10/h2-6H,11H2,1H3,(H,12,13);5H,1-4,7-8H2,(H,9,10). The number of aryl methyl sites for hydroxylation is 1. The Hall–Kier alpha value is -2.63. The molecule has 27 heavy (non-hydrogen) atoms. The third-order valence-corrected chi connectivity index (χ3v) is 4.71. The van der Waals surface area contributed by atoms with Gasteiger partial charge in [-0.3, -0.25) is 9.52 Å². The van der Waals surface area contributed by atoms with E-state index >= 15 is 0 Å². The van der Waals surface area contributed by atoms with Crippen LogP contribution in [0.1, 0.15) is 25.0 Å². The highest BCUT2D eigenvalue weighted by atomic mass is 32.2. The predicted octanol–water partition coefficient (Wildman–Crippen LogP) is 0.893. The van der Waals surface area contributed by atoms with Crippen molar-refractivity contribution >= 4 is 27.5 Å². The molecule has 150 valence electrons. The lowest BCUT2D eigenvalue weighted by molar-refractivity contribution is -0.138. The highest BCUT2D eigenvalue weighted by Gasteiger charge is 2.15. The summed E-state index contributed by atoms with van der Waals surface area (Å²) in [5.74, 6) is -0.253. The number of anilines is 2. The van der Waals surface area contributed by atoms with Gasteiger partial charge in [0.05, 0.1) is 4.90 Å². The number of nitrogen functional groups attached to an aromatic ring is 1. The molecule has 0 saturated carbocycles. The number of nitrogens with two attached hydrogens (primary N) is 3. The van der Waals surface area contributed by atoms with Gasteiger partial charge in [0.2, 0.25) is 0 Å². The van der Waals surface area contributed by atoms with Crippen LogP contribution in [0.3, 0.4) is 0 Å². The van der Waals surface area contributed by atoms with Crippen LogP contribution in [0.4, 0.5) is 11.5 Å². The van der Waals surface area contributed by atoms with Crippen LogP contribution in [0.2, 0.25) is 0 Å². The summed E-state index contributed by atoms with van der Waals surface area (Å²) < 4.78 is 30.8. The number of aliphatic carboxylic acids is 1. The number of carbonyl (C=O) groups is 1. The van der Waals surface area contributed by atoms with E-state index in [1.54, 1.807) is 6.92 Å². The molecule has 0 bridgehead atoms. The van der Waals surface area contributed by atoms with E-state index in [1.165, 1.54) is 30.3 Å². The van der Waals surface area contributed by atoms with Gasteiger partial charge in [-0.2, -0.15) is 0 Å². The molecule has 1 aromatic carbocycles. The van der Waals surface area contributed by atoms with Crippen molar-refractivity contribution in [2.24, 2.45) is 11.5 Å². The van der Waals surface area contributed by atoms with Gasteiger partial charge in [-0.25, -0.2) is 8.42 Å². The Labute approximate surface area is 157 Å². The molecule has 0 radical (unpaired) electrons. The van der Waals surface area contributed by atoms with Gasteiger partial charge in [-0.15, -0.1) is 0 Å². The minimum Gasteiger partial charge on any atom is -0.480 e. The largest absolute Gasteiger partial charge is 0.480 e. The summed E-state index contributed by atoms with van der Waals surface area (Å²) >= 11 is 0. The van der Waals surface area contributed by atoms with Crippen molar-refractivity contribution in [1.29, 1.82) is 0 Å². The van der Waals surface area contributed by atoms with Gasteiger partial charge in [0, 0.05) is 11.8 Å². The zero-order valence-electron chi connectivity index (χ0n) is 15.0. The number of carboxylic acids is 1. The molecular formula is C16H25N5O5S. The van der Waals surface area contributed by atoms with Gasteiger partial charge in [0.25, 0.3) is 10.0 Å². The molecule has 11 heteroatoms. The highest BCUT2D eigenvalue weighted by Crippen LogP contribution is 2.16. The summed E-state index contributed by atoms with van der Waals surface area (Å²) in [6, 6.07) is 6.65. The number of hydrogen-bond donors (Lipinski definition) is 5. The van der Waals surface area contributed by atoms with Crippen LogP contribution in [0.5, 0.6) is 0 Å². The zero-order chi connectivity index (χ0) is 20.4. The Morgan fingerprint density at radius 2 is 1.93 bits per heavy atom. The van der Waals surface area contributed by atoms with Crippen LogP contribution in [-0.2, 0) is 14.8 Å². The normalized spacial score (nSPS) is 12.0. The smallest absolute Gasteiger partial charge is 0.320 e. The molecule has 0 fully saturated rings. The van der Waals surface area contributed by atoms with E-state index in [0.717, 1.165) is 12.8 Å². The average molecular weight is 399 g/mol.